The van der Waals surface area contributed by atoms with Gasteiger partial charge in [-0.3, -0.25) is 13.9 Å². The SMILES string of the molecule is O=C(c1cnc(NCc2cc(OC(F)(F)F)cc(C3CC3)c2)nc1)N1CC2(CCS2(O)O)C1. The van der Waals surface area contributed by atoms with Crippen molar-refractivity contribution < 1.29 is 31.8 Å². The van der Waals surface area contributed by atoms with Crippen LogP contribution in [0.15, 0.2) is 30.6 Å². The highest BCUT2D eigenvalue weighted by Gasteiger charge is 2.60. The standard InChI is InChI=1S/C21H23F3N4O4S/c22-21(23,24)32-17-6-13(5-15(7-17)14-1-2-14)8-25-19-26-9-16(10-27-19)18(29)28-11-20(12-28)3-4-33(20,30)31/h5-7,9-10,14,30-31H,1-4,8,11-12H2,(H,25,26,27). The van der Waals surface area contributed by atoms with Crippen LogP contribution in [0.5, 0.6) is 5.75 Å². The van der Waals surface area contributed by atoms with E-state index in [0.29, 0.717) is 30.8 Å². The molecule has 3 N–H and O–H groups in total. The van der Waals surface area contributed by atoms with Gasteiger partial charge in [0.1, 0.15) is 5.75 Å². The Bertz CT molecular complexity index is 1070. The molecule has 2 saturated heterocycles. The number of rotatable bonds is 6. The van der Waals surface area contributed by atoms with Gasteiger partial charge in [-0.15, -0.1) is 13.2 Å². The van der Waals surface area contributed by atoms with Crippen molar-refractivity contribution in [2.24, 2.45) is 0 Å². The molecule has 0 atom stereocenters. The van der Waals surface area contributed by atoms with Crippen molar-refractivity contribution in [1.29, 1.82) is 0 Å². The first-order valence-corrected chi connectivity index (χ1v) is 12.3. The summed E-state index contributed by atoms with van der Waals surface area (Å²) in [6.45, 7) is 0.816. The van der Waals surface area contributed by atoms with Crippen LogP contribution in [0.3, 0.4) is 0 Å². The van der Waals surface area contributed by atoms with Crippen LogP contribution in [0.1, 0.15) is 46.7 Å². The summed E-state index contributed by atoms with van der Waals surface area (Å²) < 4.78 is 61.5. The molecule has 3 heterocycles. The third-order valence-corrected chi connectivity index (χ3v) is 9.02. The number of nitrogens with zero attached hydrogens (tertiary/aromatic N) is 3. The van der Waals surface area contributed by atoms with Crippen LogP contribution in [0.25, 0.3) is 0 Å². The molecule has 178 valence electrons. The minimum absolute atomic E-state index is 0.189. The molecule has 8 nitrogen and oxygen atoms in total. The van der Waals surface area contributed by atoms with Crippen LogP contribution in [0.4, 0.5) is 19.1 Å². The van der Waals surface area contributed by atoms with Crippen molar-refractivity contribution in [2.75, 3.05) is 24.2 Å². The monoisotopic (exact) mass is 484 g/mol. The number of ether oxygens (including phenoxy) is 1. The molecule has 1 amide bonds. The lowest BCUT2D eigenvalue weighted by Gasteiger charge is -2.67. The molecule has 1 spiro atoms. The van der Waals surface area contributed by atoms with Gasteiger partial charge in [0.15, 0.2) is 0 Å². The van der Waals surface area contributed by atoms with E-state index in [1.165, 1.54) is 24.5 Å². The lowest BCUT2D eigenvalue weighted by Crippen LogP contribution is -2.70. The van der Waals surface area contributed by atoms with Gasteiger partial charge < -0.3 is 15.0 Å². The van der Waals surface area contributed by atoms with Gasteiger partial charge in [-0.2, -0.15) is 10.6 Å². The number of anilines is 1. The first-order chi connectivity index (χ1) is 15.5. The van der Waals surface area contributed by atoms with Gasteiger partial charge in [0.25, 0.3) is 5.91 Å². The summed E-state index contributed by atoms with van der Waals surface area (Å²) in [5.74, 6) is 0.355. The number of carbonyl (C=O) groups excluding carboxylic acids is 1. The van der Waals surface area contributed by atoms with E-state index in [1.54, 1.807) is 4.90 Å². The summed E-state index contributed by atoms with van der Waals surface area (Å²) in [5.41, 5.74) is 1.70. The topological polar surface area (TPSA) is 108 Å². The van der Waals surface area contributed by atoms with Crippen LogP contribution in [-0.4, -0.2) is 59.8 Å². The number of likely N-dealkylation sites (tertiary alicyclic amines) is 1. The Hall–Kier alpha value is -2.57. The van der Waals surface area contributed by atoms with Crippen LogP contribution < -0.4 is 10.1 Å². The van der Waals surface area contributed by atoms with Crippen LogP contribution in [-0.2, 0) is 6.54 Å². The summed E-state index contributed by atoms with van der Waals surface area (Å²) in [4.78, 5) is 22.4. The summed E-state index contributed by atoms with van der Waals surface area (Å²) in [7, 11) is -2.60. The van der Waals surface area contributed by atoms with Crippen molar-refractivity contribution in [3.8, 4) is 5.75 Å². The van der Waals surface area contributed by atoms with Gasteiger partial charge in [0, 0.05) is 37.8 Å². The molecule has 3 fully saturated rings. The molecule has 5 rings (SSSR count). The van der Waals surface area contributed by atoms with Crippen molar-refractivity contribution in [3.05, 3.63) is 47.3 Å². The highest BCUT2D eigenvalue weighted by molar-refractivity contribution is 8.26. The zero-order valence-corrected chi connectivity index (χ0v) is 18.3. The molecule has 33 heavy (non-hydrogen) atoms. The molecule has 1 aliphatic carbocycles. The third kappa shape index (κ3) is 4.46. The number of halogens is 3. The Labute approximate surface area is 189 Å². The van der Waals surface area contributed by atoms with Gasteiger partial charge >= 0.3 is 6.36 Å². The minimum Gasteiger partial charge on any atom is -0.406 e. The Morgan fingerprint density at radius 2 is 1.91 bits per heavy atom. The third-order valence-electron chi connectivity index (χ3n) is 6.40. The maximum atomic E-state index is 12.7. The highest BCUT2D eigenvalue weighted by Crippen LogP contribution is 2.67. The number of aromatic nitrogens is 2. The lowest BCUT2D eigenvalue weighted by molar-refractivity contribution is -0.274. The normalized spacial score (nSPS) is 21.7. The number of amides is 1. The smallest absolute Gasteiger partial charge is 0.406 e. The van der Waals surface area contributed by atoms with Gasteiger partial charge in [-0.05, 0) is 48.4 Å². The van der Waals surface area contributed by atoms with E-state index in [4.69, 9.17) is 0 Å². The van der Waals surface area contributed by atoms with Gasteiger partial charge in [0.2, 0.25) is 5.95 Å². The average Bonchev–Trinajstić information content (AvgIpc) is 3.55. The first kappa shape index (κ1) is 22.2. The Balaban J connectivity index is 1.20. The molecular weight excluding hydrogens is 461 g/mol. The van der Waals surface area contributed by atoms with Crippen LogP contribution in [0, 0.1) is 0 Å². The van der Waals surface area contributed by atoms with Crippen molar-refractivity contribution in [3.63, 3.8) is 0 Å². The second-order valence-electron chi connectivity index (χ2n) is 8.85. The number of carbonyl (C=O) groups is 1. The second kappa shape index (κ2) is 7.74. The average molecular weight is 485 g/mol. The zero-order valence-electron chi connectivity index (χ0n) is 17.5. The molecule has 2 aliphatic heterocycles. The van der Waals surface area contributed by atoms with E-state index in [1.807, 2.05) is 6.07 Å². The quantitative estimate of drug-likeness (QED) is 0.564. The number of alkyl halides is 3. The molecule has 2 aromatic rings. The number of hydrogen-bond donors (Lipinski definition) is 3. The molecule has 1 saturated carbocycles. The number of hydrogen-bond acceptors (Lipinski definition) is 7. The minimum atomic E-state index is -4.76. The maximum absolute atomic E-state index is 12.7. The van der Waals surface area contributed by atoms with Crippen molar-refractivity contribution in [2.45, 2.75) is 42.8 Å². The van der Waals surface area contributed by atoms with Gasteiger partial charge in [-0.1, -0.05) is 6.07 Å². The fourth-order valence-corrected chi connectivity index (χ4v) is 6.13. The van der Waals surface area contributed by atoms with Gasteiger partial charge in [-0.25, -0.2) is 9.97 Å². The van der Waals surface area contributed by atoms with Crippen molar-refractivity contribution in [1.82, 2.24) is 14.9 Å². The van der Waals surface area contributed by atoms with E-state index in [2.05, 4.69) is 20.0 Å². The largest absolute Gasteiger partial charge is 0.573 e. The summed E-state index contributed by atoms with van der Waals surface area (Å²) >= 11 is 0. The van der Waals surface area contributed by atoms with E-state index < -0.39 is 21.7 Å². The zero-order chi connectivity index (χ0) is 23.4. The summed E-state index contributed by atoms with van der Waals surface area (Å²) in [5, 5.41) is 2.96. The molecule has 1 aromatic heterocycles. The predicted molar refractivity (Wildman–Crippen MR) is 115 cm³/mol. The van der Waals surface area contributed by atoms with E-state index >= 15 is 0 Å². The Morgan fingerprint density at radius 3 is 2.45 bits per heavy atom. The number of benzene rings is 1. The highest BCUT2D eigenvalue weighted by atomic mass is 32.3. The molecular formula is C21H23F3N4O4S. The van der Waals surface area contributed by atoms with E-state index in [-0.39, 0.29) is 35.6 Å². The summed E-state index contributed by atoms with van der Waals surface area (Å²) in [6, 6.07) is 4.60. The predicted octanol–water partition coefficient (Wildman–Crippen LogP) is 4.21. The fourth-order valence-electron chi connectivity index (χ4n) is 4.26. The first-order valence-electron chi connectivity index (χ1n) is 10.5. The van der Waals surface area contributed by atoms with E-state index in [9.17, 15) is 27.1 Å². The molecule has 0 bridgehead atoms. The fraction of sp³-hybridized carbons (Fsp3) is 0.476. The molecule has 3 aliphatic rings. The Kier molecular flexibility index (Phi) is 5.22. The molecule has 12 heteroatoms. The molecule has 1 aromatic carbocycles. The van der Waals surface area contributed by atoms with Crippen LogP contribution >= 0.6 is 10.6 Å². The van der Waals surface area contributed by atoms with Crippen LogP contribution in [0.2, 0.25) is 0 Å². The summed E-state index contributed by atoms with van der Waals surface area (Å²) in [6.07, 6.45) is 0.580. The van der Waals surface area contributed by atoms with E-state index in [0.717, 1.165) is 18.4 Å². The van der Waals surface area contributed by atoms with Crippen molar-refractivity contribution >= 4 is 22.4 Å². The lowest BCUT2D eigenvalue weighted by atomic mass is 9.94. The molecule has 0 unspecified atom stereocenters. The second-order valence-corrected chi connectivity index (χ2v) is 11.5. The maximum Gasteiger partial charge on any atom is 0.573 e. The number of nitrogens with one attached hydrogen (secondary N) is 1. The Morgan fingerprint density at radius 1 is 1.21 bits per heavy atom. The molecule has 0 radical (unpaired) electrons. The van der Waals surface area contributed by atoms with Gasteiger partial charge in [0.05, 0.1) is 10.3 Å².